The summed E-state index contributed by atoms with van der Waals surface area (Å²) in [6, 6.07) is 16.5. The number of hydrogen-bond donors (Lipinski definition) is 2. The molecule has 124 valence electrons. The third-order valence-electron chi connectivity index (χ3n) is 3.53. The van der Waals surface area contributed by atoms with Crippen molar-refractivity contribution >= 4 is 17.5 Å². The Bertz CT molecular complexity index is 718. The van der Waals surface area contributed by atoms with E-state index in [0.29, 0.717) is 11.4 Å². The van der Waals surface area contributed by atoms with Gasteiger partial charge in [0.1, 0.15) is 11.5 Å². The zero-order valence-corrected chi connectivity index (χ0v) is 13.0. The molecule has 0 aliphatic carbocycles. The van der Waals surface area contributed by atoms with Crippen LogP contribution in [0, 0.1) is 0 Å². The zero-order chi connectivity index (χ0) is 16.8. The molecule has 0 saturated heterocycles. The molecule has 3 rings (SSSR count). The number of fused-ring (bicyclic) bond motifs is 1. The van der Waals surface area contributed by atoms with Gasteiger partial charge >= 0.3 is 0 Å². The van der Waals surface area contributed by atoms with Crippen LogP contribution in [-0.4, -0.2) is 31.1 Å². The van der Waals surface area contributed by atoms with Crippen LogP contribution in [0.3, 0.4) is 0 Å². The van der Waals surface area contributed by atoms with Crippen LogP contribution in [-0.2, 0) is 9.59 Å². The molecule has 0 spiro atoms. The van der Waals surface area contributed by atoms with Crippen LogP contribution >= 0.6 is 0 Å². The van der Waals surface area contributed by atoms with E-state index in [9.17, 15) is 9.59 Å². The van der Waals surface area contributed by atoms with Gasteiger partial charge in [-0.15, -0.1) is 0 Å². The Kier molecular flexibility index (Phi) is 4.96. The van der Waals surface area contributed by atoms with E-state index >= 15 is 0 Å². The average molecular weight is 326 g/mol. The van der Waals surface area contributed by atoms with Crippen molar-refractivity contribution in [1.82, 2.24) is 5.32 Å². The minimum Gasteiger partial charge on any atom is -0.493 e. The molecular formula is C18H18N2O4. The molecule has 1 aliphatic rings. The lowest BCUT2D eigenvalue weighted by Crippen LogP contribution is -2.45. The highest BCUT2D eigenvalue weighted by atomic mass is 16.5. The highest BCUT2D eigenvalue weighted by molar-refractivity contribution is 5.98. The minimum atomic E-state index is -0.737. The van der Waals surface area contributed by atoms with Crippen LogP contribution in [0.2, 0.25) is 0 Å². The molecule has 1 unspecified atom stereocenters. The number of carbonyl (C=O) groups excluding carboxylic acids is 2. The first kappa shape index (κ1) is 15.9. The maximum Gasteiger partial charge on any atom is 0.267 e. The molecule has 2 N–H and O–H groups in total. The third-order valence-corrected chi connectivity index (χ3v) is 3.53. The number of benzene rings is 2. The fourth-order valence-electron chi connectivity index (χ4n) is 2.30. The highest BCUT2D eigenvalue weighted by Gasteiger charge is 2.27. The van der Waals surface area contributed by atoms with Crippen LogP contribution in [0.15, 0.2) is 54.6 Å². The van der Waals surface area contributed by atoms with Crippen molar-refractivity contribution in [1.29, 1.82) is 0 Å². The van der Waals surface area contributed by atoms with Gasteiger partial charge in [-0.2, -0.15) is 0 Å². The zero-order valence-electron chi connectivity index (χ0n) is 13.0. The fourth-order valence-corrected chi connectivity index (χ4v) is 2.30. The predicted molar refractivity (Wildman–Crippen MR) is 89.1 cm³/mol. The van der Waals surface area contributed by atoms with Gasteiger partial charge in [0.15, 0.2) is 6.10 Å². The third kappa shape index (κ3) is 4.04. The summed E-state index contributed by atoms with van der Waals surface area (Å²) < 4.78 is 11.1. The second kappa shape index (κ2) is 7.50. The van der Waals surface area contributed by atoms with Crippen molar-refractivity contribution in [3.05, 3.63) is 54.6 Å². The van der Waals surface area contributed by atoms with E-state index in [0.717, 1.165) is 5.75 Å². The van der Waals surface area contributed by atoms with Gasteiger partial charge in [-0.05, 0) is 24.3 Å². The highest BCUT2D eigenvalue weighted by Crippen LogP contribution is 2.28. The second-order valence-electron chi connectivity index (χ2n) is 5.31. The molecule has 0 radical (unpaired) electrons. The van der Waals surface area contributed by atoms with E-state index in [2.05, 4.69) is 10.6 Å². The Morgan fingerprint density at radius 2 is 1.88 bits per heavy atom. The summed E-state index contributed by atoms with van der Waals surface area (Å²) in [4.78, 5) is 23.8. The average Bonchev–Trinajstić information content (AvgIpc) is 2.61. The number of anilines is 1. The SMILES string of the molecule is O=C(CCOc1ccccc1)NCC1Oc2ccccc2NC1=O. The number of hydrogen-bond acceptors (Lipinski definition) is 4. The molecule has 1 aliphatic heterocycles. The summed E-state index contributed by atoms with van der Waals surface area (Å²) >= 11 is 0. The van der Waals surface area contributed by atoms with E-state index in [4.69, 9.17) is 9.47 Å². The van der Waals surface area contributed by atoms with Crippen molar-refractivity contribution in [2.75, 3.05) is 18.5 Å². The maximum atomic E-state index is 12.0. The standard InChI is InChI=1S/C18H18N2O4/c21-17(10-11-23-13-6-2-1-3-7-13)19-12-16-18(22)20-14-8-4-5-9-15(14)24-16/h1-9,16H,10-12H2,(H,19,21)(H,20,22). The first-order valence-corrected chi connectivity index (χ1v) is 7.73. The van der Waals surface area contributed by atoms with Crippen molar-refractivity contribution in [2.24, 2.45) is 0 Å². The molecule has 0 saturated carbocycles. The largest absolute Gasteiger partial charge is 0.493 e. The van der Waals surface area contributed by atoms with Crippen LogP contribution in [0.25, 0.3) is 0 Å². The Morgan fingerprint density at radius 1 is 1.12 bits per heavy atom. The lowest BCUT2D eigenvalue weighted by atomic mass is 10.2. The van der Waals surface area contributed by atoms with Gasteiger partial charge in [0, 0.05) is 0 Å². The Morgan fingerprint density at radius 3 is 2.71 bits per heavy atom. The number of rotatable bonds is 6. The molecule has 0 bridgehead atoms. The minimum absolute atomic E-state index is 0.115. The molecule has 2 aromatic rings. The monoisotopic (exact) mass is 326 g/mol. The van der Waals surface area contributed by atoms with Gasteiger partial charge < -0.3 is 20.1 Å². The summed E-state index contributed by atoms with van der Waals surface area (Å²) in [5, 5.41) is 5.45. The van der Waals surface area contributed by atoms with Crippen molar-refractivity contribution in [3.8, 4) is 11.5 Å². The number of amides is 2. The van der Waals surface area contributed by atoms with Crippen LogP contribution in [0.5, 0.6) is 11.5 Å². The molecular weight excluding hydrogens is 308 g/mol. The molecule has 6 nitrogen and oxygen atoms in total. The molecule has 2 amide bonds. The Balaban J connectivity index is 1.42. The molecule has 2 aromatic carbocycles. The number of carbonyl (C=O) groups is 2. The lowest BCUT2D eigenvalue weighted by Gasteiger charge is -2.25. The smallest absolute Gasteiger partial charge is 0.267 e. The summed E-state index contributed by atoms with van der Waals surface area (Å²) in [5.74, 6) is 0.858. The van der Waals surface area contributed by atoms with E-state index < -0.39 is 6.10 Å². The normalized spacial score (nSPS) is 15.7. The lowest BCUT2D eigenvalue weighted by molar-refractivity contribution is -0.125. The quantitative estimate of drug-likeness (QED) is 0.851. The first-order valence-electron chi connectivity index (χ1n) is 7.73. The van der Waals surface area contributed by atoms with Crippen LogP contribution in [0.4, 0.5) is 5.69 Å². The molecule has 6 heteroatoms. The molecule has 24 heavy (non-hydrogen) atoms. The summed E-state index contributed by atoms with van der Waals surface area (Å²) in [5.41, 5.74) is 0.640. The number of ether oxygens (including phenoxy) is 2. The molecule has 0 fully saturated rings. The molecule has 0 aromatic heterocycles. The first-order chi connectivity index (χ1) is 11.7. The van der Waals surface area contributed by atoms with Crippen molar-refractivity contribution in [2.45, 2.75) is 12.5 Å². The van der Waals surface area contributed by atoms with Gasteiger partial charge in [-0.3, -0.25) is 9.59 Å². The summed E-state index contributed by atoms with van der Waals surface area (Å²) in [7, 11) is 0. The van der Waals surface area contributed by atoms with E-state index in [1.807, 2.05) is 42.5 Å². The Labute approximate surface area is 139 Å². The van der Waals surface area contributed by atoms with Gasteiger partial charge in [0.25, 0.3) is 5.91 Å². The van der Waals surface area contributed by atoms with E-state index in [-0.39, 0.29) is 31.4 Å². The predicted octanol–water partition coefficient (Wildman–Crippen LogP) is 1.97. The van der Waals surface area contributed by atoms with E-state index in [1.54, 1.807) is 12.1 Å². The van der Waals surface area contributed by atoms with Crippen LogP contribution < -0.4 is 20.1 Å². The van der Waals surface area contributed by atoms with Crippen LogP contribution in [0.1, 0.15) is 6.42 Å². The van der Waals surface area contributed by atoms with Gasteiger partial charge in [-0.1, -0.05) is 30.3 Å². The summed E-state index contributed by atoms with van der Waals surface area (Å²) in [6.07, 6.45) is -0.529. The Hall–Kier alpha value is -3.02. The van der Waals surface area contributed by atoms with Crippen molar-refractivity contribution in [3.63, 3.8) is 0 Å². The van der Waals surface area contributed by atoms with Gasteiger partial charge in [0.2, 0.25) is 5.91 Å². The molecule has 1 heterocycles. The van der Waals surface area contributed by atoms with Gasteiger partial charge in [-0.25, -0.2) is 0 Å². The summed E-state index contributed by atoms with van der Waals surface area (Å²) in [6.45, 7) is 0.390. The number of para-hydroxylation sites is 3. The van der Waals surface area contributed by atoms with Crippen molar-refractivity contribution < 1.29 is 19.1 Å². The fraction of sp³-hybridized carbons (Fsp3) is 0.222. The van der Waals surface area contributed by atoms with Gasteiger partial charge in [0.05, 0.1) is 25.3 Å². The van der Waals surface area contributed by atoms with E-state index in [1.165, 1.54) is 0 Å². The molecule has 1 atom stereocenters. The second-order valence-corrected chi connectivity index (χ2v) is 5.31. The topological polar surface area (TPSA) is 76.7 Å². The number of nitrogens with one attached hydrogen (secondary N) is 2. The maximum absolute atomic E-state index is 12.0.